The fourth-order valence-electron chi connectivity index (χ4n) is 2.53. The maximum atomic E-state index is 14.4. The summed E-state index contributed by atoms with van der Waals surface area (Å²) in [6, 6.07) is 14.7. The van der Waals surface area contributed by atoms with Crippen LogP contribution in [0.4, 0.5) is 10.1 Å². The average molecular weight is 369 g/mol. The molecule has 4 nitrogen and oxygen atoms in total. The minimum atomic E-state index is -0.409. The highest BCUT2D eigenvalue weighted by atomic mass is 32.2. The number of carbonyl (C=O) groups excluding carboxylic acids is 1. The third-order valence-electron chi connectivity index (χ3n) is 4.01. The van der Waals surface area contributed by atoms with Crippen LogP contribution < -0.4 is 5.32 Å². The normalized spacial score (nSPS) is 12.0. The zero-order chi connectivity index (χ0) is 18.5. The minimum absolute atomic E-state index is 0.142. The lowest BCUT2D eigenvalue weighted by atomic mass is 10.2. The van der Waals surface area contributed by atoms with E-state index >= 15 is 0 Å². The topological polar surface area (TPSA) is 46.9 Å². The molecule has 0 saturated heterocycles. The predicted octanol–water partition coefficient (Wildman–Crippen LogP) is 4.58. The van der Waals surface area contributed by atoms with Gasteiger partial charge in [-0.05, 0) is 37.6 Å². The van der Waals surface area contributed by atoms with Crippen molar-refractivity contribution in [2.45, 2.75) is 24.9 Å². The Morgan fingerprint density at radius 1 is 1.27 bits per heavy atom. The van der Waals surface area contributed by atoms with E-state index in [1.54, 1.807) is 47.8 Å². The van der Waals surface area contributed by atoms with Gasteiger partial charge in [0.2, 0.25) is 5.91 Å². The molecule has 0 bridgehead atoms. The van der Waals surface area contributed by atoms with Crippen molar-refractivity contribution in [3.05, 3.63) is 78.1 Å². The monoisotopic (exact) mass is 369 g/mol. The van der Waals surface area contributed by atoms with E-state index in [-0.39, 0.29) is 11.2 Å². The summed E-state index contributed by atoms with van der Waals surface area (Å²) in [6.07, 6.45) is 3.32. The number of halogens is 1. The van der Waals surface area contributed by atoms with Gasteiger partial charge in [0.25, 0.3) is 0 Å². The van der Waals surface area contributed by atoms with E-state index in [9.17, 15) is 9.18 Å². The molecular weight excluding hydrogens is 349 g/mol. The Hall–Kier alpha value is -2.60. The molecule has 3 rings (SSSR count). The van der Waals surface area contributed by atoms with E-state index < -0.39 is 5.82 Å². The number of nitrogens with zero attached hydrogens (tertiary/aromatic N) is 2. The highest BCUT2D eigenvalue weighted by molar-refractivity contribution is 7.99. The van der Waals surface area contributed by atoms with Crippen molar-refractivity contribution in [3.8, 4) is 5.69 Å². The number of thioether (sulfide) groups is 1. The molecule has 0 radical (unpaired) electrons. The summed E-state index contributed by atoms with van der Waals surface area (Å²) >= 11 is 1.55. The van der Waals surface area contributed by atoms with Crippen LogP contribution in [-0.2, 0) is 10.5 Å². The molecule has 0 aliphatic heterocycles. The number of rotatable bonds is 6. The molecular formula is C20H20FN3OS. The third-order valence-corrected chi connectivity index (χ3v) is 5.23. The van der Waals surface area contributed by atoms with Gasteiger partial charge in [-0.3, -0.25) is 4.79 Å². The first kappa shape index (κ1) is 18.2. The fraction of sp³-hybridized carbons (Fsp3) is 0.200. The van der Waals surface area contributed by atoms with Crippen LogP contribution in [0.25, 0.3) is 5.69 Å². The van der Waals surface area contributed by atoms with E-state index in [2.05, 4.69) is 10.3 Å². The predicted molar refractivity (Wildman–Crippen MR) is 104 cm³/mol. The molecule has 1 amide bonds. The highest BCUT2D eigenvalue weighted by Gasteiger charge is 2.15. The van der Waals surface area contributed by atoms with Crippen molar-refractivity contribution in [1.82, 2.24) is 9.55 Å². The van der Waals surface area contributed by atoms with Crippen LogP contribution in [0, 0.1) is 12.7 Å². The summed E-state index contributed by atoms with van der Waals surface area (Å²) in [6.45, 7) is 3.66. The number of carbonyl (C=O) groups is 1. The molecule has 1 N–H and O–H groups in total. The van der Waals surface area contributed by atoms with E-state index in [1.165, 1.54) is 11.6 Å². The molecule has 2 aromatic carbocycles. The first-order chi connectivity index (χ1) is 12.5. The first-order valence-corrected chi connectivity index (χ1v) is 9.36. The minimum Gasteiger partial charge on any atom is -0.325 e. The number of imidazole rings is 1. The van der Waals surface area contributed by atoms with Crippen molar-refractivity contribution in [2.75, 3.05) is 5.32 Å². The summed E-state index contributed by atoms with van der Waals surface area (Å²) < 4.78 is 16.1. The number of hydrogen-bond donors (Lipinski definition) is 1. The van der Waals surface area contributed by atoms with Crippen molar-refractivity contribution in [2.24, 2.45) is 0 Å². The van der Waals surface area contributed by atoms with Crippen LogP contribution in [0.15, 0.2) is 60.9 Å². The van der Waals surface area contributed by atoms with Gasteiger partial charge < -0.3 is 9.88 Å². The number of aromatic nitrogens is 2. The van der Waals surface area contributed by atoms with Crippen LogP contribution in [0.2, 0.25) is 0 Å². The van der Waals surface area contributed by atoms with Crippen LogP contribution >= 0.6 is 11.8 Å². The molecule has 0 saturated carbocycles. The Labute approximate surface area is 156 Å². The van der Waals surface area contributed by atoms with Gasteiger partial charge in [-0.25, -0.2) is 9.37 Å². The van der Waals surface area contributed by atoms with Gasteiger partial charge in [-0.1, -0.05) is 30.3 Å². The second-order valence-corrected chi connectivity index (χ2v) is 7.27. The molecule has 1 atom stereocenters. The molecule has 1 heterocycles. The first-order valence-electron chi connectivity index (χ1n) is 8.31. The van der Waals surface area contributed by atoms with E-state index in [0.717, 1.165) is 5.75 Å². The molecule has 6 heteroatoms. The fourth-order valence-corrected chi connectivity index (χ4v) is 3.37. The summed E-state index contributed by atoms with van der Waals surface area (Å²) in [5.41, 5.74) is 2.02. The number of amides is 1. The molecule has 134 valence electrons. The summed E-state index contributed by atoms with van der Waals surface area (Å²) in [5, 5.41) is 2.54. The Morgan fingerprint density at radius 3 is 2.69 bits per heavy atom. The molecule has 3 aromatic rings. The maximum Gasteiger partial charge on any atom is 0.237 e. The standard InChI is InChI=1S/C20H20FN3OS/c1-14(26-13-16-6-4-3-5-7-16)20(25)23-17-8-9-19(18(21)12-17)24-11-10-22-15(24)2/h3-12,14H,13H2,1-2H3,(H,23,25). The zero-order valence-electron chi connectivity index (χ0n) is 14.6. The van der Waals surface area contributed by atoms with Crippen molar-refractivity contribution >= 4 is 23.4 Å². The van der Waals surface area contributed by atoms with Crippen LogP contribution in [-0.4, -0.2) is 20.7 Å². The Bertz CT molecular complexity index is 895. The maximum absolute atomic E-state index is 14.4. The molecule has 0 spiro atoms. The lowest BCUT2D eigenvalue weighted by Crippen LogP contribution is -2.22. The SMILES string of the molecule is Cc1nccn1-c1ccc(NC(=O)C(C)SCc2ccccc2)cc1F. The van der Waals surface area contributed by atoms with Crippen LogP contribution in [0.1, 0.15) is 18.3 Å². The van der Waals surface area contributed by atoms with Gasteiger partial charge in [0, 0.05) is 23.8 Å². The van der Waals surface area contributed by atoms with E-state index in [1.807, 2.05) is 37.3 Å². The number of aryl methyl sites for hydroxylation is 1. The van der Waals surface area contributed by atoms with Crippen LogP contribution in [0.3, 0.4) is 0 Å². The third kappa shape index (κ3) is 4.32. The summed E-state index contributed by atoms with van der Waals surface area (Å²) in [4.78, 5) is 16.4. The van der Waals surface area contributed by atoms with Gasteiger partial charge in [0.05, 0.1) is 10.9 Å². The Kier molecular flexibility index (Phi) is 5.73. The number of anilines is 1. The van der Waals surface area contributed by atoms with Crippen LogP contribution in [0.5, 0.6) is 0 Å². The molecule has 0 fully saturated rings. The quantitative estimate of drug-likeness (QED) is 0.692. The Morgan fingerprint density at radius 2 is 2.04 bits per heavy atom. The lowest BCUT2D eigenvalue weighted by molar-refractivity contribution is -0.115. The van der Waals surface area contributed by atoms with Gasteiger partial charge in [0.1, 0.15) is 11.6 Å². The van der Waals surface area contributed by atoms with Gasteiger partial charge >= 0.3 is 0 Å². The number of hydrogen-bond acceptors (Lipinski definition) is 3. The van der Waals surface area contributed by atoms with E-state index in [4.69, 9.17) is 0 Å². The second-order valence-electron chi connectivity index (χ2n) is 5.94. The average Bonchev–Trinajstić information content (AvgIpc) is 3.06. The summed E-state index contributed by atoms with van der Waals surface area (Å²) in [5.74, 6) is 0.903. The molecule has 1 unspecified atom stereocenters. The molecule has 26 heavy (non-hydrogen) atoms. The van der Waals surface area contributed by atoms with Gasteiger partial charge in [-0.2, -0.15) is 0 Å². The van der Waals surface area contributed by atoms with E-state index in [0.29, 0.717) is 17.2 Å². The molecule has 0 aliphatic carbocycles. The number of nitrogens with one attached hydrogen (secondary N) is 1. The smallest absolute Gasteiger partial charge is 0.237 e. The lowest BCUT2D eigenvalue weighted by Gasteiger charge is -2.13. The molecule has 1 aromatic heterocycles. The second kappa shape index (κ2) is 8.19. The number of benzene rings is 2. The van der Waals surface area contributed by atoms with Gasteiger partial charge in [-0.15, -0.1) is 11.8 Å². The van der Waals surface area contributed by atoms with Crippen molar-refractivity contribution < 1.29 is 9.18 Å². The zero-order valence-corrected chi connectivity index (χ0v) is 15.5. The van der Waals surface area contributed by atoms with Crippen molar-refractivity contribution in [3.63, 3.8) is 0 Å². The molecule has 0 aliphatic rings. The summed E-state index contributed by atoms with van der Waals surface area (Å²) in [7, 11) is 0. The largest absolute Gasteiger partial charge is 0.325 e. The Balaban J connectivity index is 1.62. The highest BCUT2D eigenvalue weighted by Crippen LogP contribution is 2.22. The van der Waals surface area contributed by atoms with Crippen molar-refractivity contribution in [1.29, 1.82) is 0 Å². The van der Waals surface area contributed by atoms with Gasteiger partial charge in [0.15, 0.2) is 0 Å².